The maximum absolute atomic E-state index is 11.8. The number of hydrogen-bond acceptors (Lipinski definition) is 3. The third-order valence-corrected chi connectivity index (χ3v) is 3.93. The van der Waals surface area contributed by atoms with Gasteiger partial charge in [0.1, 0.15) is 6.61 Å². The van der Waals surface area contributed by atoms with Crippen LogP contribution in [-0.2, 0) is 9.53 Å². The molecule has 106 valence electrons. The average molecular weight is 256 g/mol. The second-order valence-electron chi connectivity index (χ2n) is 5.92. The lowest BCUT2D eigenvalue weighted by molar-refractivity contribution is -0.131. The van der Waals surface area contributed by atoms with E-state index in [9.17, 15) is 4.79 Å². The summed E-state index contributed by atoms with van der Waals surface area (Å²) in [5.74, 6) is 0.397. The summed E-state index contributed by atoms with van der Waals surface area (Å²) >= 11 is 0. The van der Waals surface area contributed by atoms with Gasteiger partial charge in [0.15, 0.2) is 0 Å². The zero-order chi connectivity index (χ0) is 13.6. The summed E-state index contributed by atoms with van der Waals surface area (Å²) in [6, 6.07) is 0. The Kier molecular flexibility index (Phi) is 6.09. The van der Waals surface area contributed by atoms with E-state index in [1.54, 1.807) is 0 Å². The van der Waals surface area contributed by atoms with Crippen molar-refractivity contribution >= 4 is 5.91 Å². The Bertz CT molecular complexity index is 267. The van der Waals surface area contributed by atoms with Gasteiger partial charge in [-0.15, -0.1) is 0 Å². The van der Waals surface area contributed by atoms with Crippen LogP contribution >= 0.6 is 0 Å². The van der Waals surface area contributed by atoms with E-state index in [1.807, 2.05) is 13.8 Å². The Labute approximate surface area is 111 Å². The van der Waals surface area contributed by atoms with Crippen LogP contribution in [0, 0.1) is 5.92 Å². The fraction of sp³-hybridized carbons (Fsp3) is 0.929. The number of carbonyl (C=O) groups excluding carboxylic acids is 1. The largest absolute Gasteiger partial charge is 0.368 e. The molecule has 1 aliphatic carbocycles. The summed E-state index contributed by atoms with van der Waals surface area (Å²) < 4.78 is 5.75. The van der Waals surface area contributed by atoms with Gasteiger partial charge in [-0.25, -0.2) is 0 Å². The van der Waals surface area contributed by atoms with E-state index < -0.39 is 0 Å². The molecule has 0 heterocycles. The lowest BCUT2D eigenvalue weighted by Crippen LogP contribution is -2.45. The first kappa shape index (κ1) is 15.4. The molecule has 1 saturated carbocycles. The number of hydrogen-bond donors (Lipinski definition) is 2. The van der Waals surface area contributed by atoms with Crippen LogP contribution < -0.4 is 11.1 Å². The quantitative estimate of drug-likeness (QED) is 0.762. The molecule has 0 aromatic carbocycles. The van der Waals surface area contributed by atoms with Crippen LogP contribution in [0.25, 0.3) is 0 Å². The lowest BCUT2D eigenvalue weighted by Gasteiger charge is -2.31. The highest BCUT2D eigenvalue weighted by molar-refractivity contribution is 5.77. The second kappa shape index (κ2) is 7.10. The molecular formula is C14H28N2O2. The number of ether oxygens (including phenoxy) is 1. The fourth-order valence-electron chi connectivity index (χ4n) is 2.35. The molecule has 0 aliphatic heterocycles. The molecule has 0 spiro atoms. The van der Waals surface area contributed by atoms with Gasteiger partial charge >= 0.3 is 0 Å². The van der Waals surface area contributed by atoms with E-state index in [1.165, 1.54) is 12.8 Å². The first-order chi connectivity index (χ1) is 8.48. The van der Waals surface area contributed by atoms with E-state index in [-0.39, 0.29) is 24.2 Å². The molecule has 1 amide bonds. The van der Waals surface area contributed by atoms with Gasteiger partial charge in [0.25, 0.3) is 0 Å². The minimum atomic E-state index is -0.153. The van der Waals surface area contributed by atoms with Crippen LogP contribution in [0.3, 0.4) is 0 Å². The number of nitrogens with one attached hydrogen (secondary N) is 1. The number of rotatable bonds is 6. The SMILES string of the molecule is CCC(C)(C)NC(=O)COC1CCCCC1CN. The Morgan fingerprint density at radius 2 is 2.06 bits per heavy atom. The molecule has 4 nitrogen and oxygen atoms in total. The van der Waals surface area contributed by atoms with E-state index in [0.29, 0.717) is 12.5 Å². The van der Waals surface area contributed by atoms with Crippen molar-refractivity contribution in [2.24, 2.45) is 11.7 Å². The van der Waals surface area contributed by atoms with Gasteiger partial charge in [0.2, 0.25) is 5.91 Å². The summed E-state index contributed by atoms with van der Waals surface area (Å²) in [5, 5.41) is 2.98. The molecule has 2 atom stereocenters. The highest BCUT2D eigenvalue weighted by Crippen LogP contribution is 2.25. The standard InChI is InChI=1S/C14H28N2O2/c1-4-14(2,3)16-13(17)10-18-12-8-6-5-7-11(12)9-15/h11-12H,4-10,15H2,1-3H3,(H,16,17). The summed E-state index contributed by atoms with van der Waals surface area (Å²) in [5.41, 5.74) is 5.59. The van der Waals surface area contributed by atoms with Crippen LogP contribution in [0.1, 0.15) is 52.9 Å². The minimum Gasteiger partial charge on any atom is -0.368 e. The van der Waals surface area contributed by atoms with Crippen LogP contribution in [0.4, 0.5) is 0 Å². The second-order valence-corrected chi connectivity index (χ2v) is 5.92. The molecule has 0 aromatic heterocycles. The summed E-state index contributed by atoms with van der Waals surface area (Å²) in [6.45, 7) is 6.92. The zero-order valence-corrected chi connectivity index (χ0v) is 12.0. The highest BCUT2D eigenvalue weighted by atomic mass is 16.5. The summed E-state index contributed by atoms with van der Waals surface area (Å²) in [6.07, 6.45) is 5.66. The molecule has 1 fully saturated rings. The van der Waals surface area contributed by atoms with E-state index in [4.69, 9.17) is 10.5 Å². The Hall–Kier alpha value is -0.610. The van der Waals surface area contributed by atoms with E-state index in [0.717, 1.165) is 19.3 Å². The maximum Gasteiger partial charge on any atom is 0.246 e. The van der Waals surface area contributed by atoms with Crippen LogP contribution in [0.15, 0.2) is 0 Å². The van der Waals surface area contributed by atoms with Gasteiger partial charge in [-0.2, -0.15) is 0 Å². The van der Waals surface area contributed by atoms with Crippen molar-refractivity contribution in [2.45, 2.75) is 64.5 Å². The summed E-state index contributed by atoms with van der Waals surface area (Å²) in [7, 11) is 0. The predicted molar refractivity (Wildman–Crippen MR) is 73.3 cm³/mol. The topological polar surface area (TPSA) is 64.3 Å². The molecule has 2 unspecified atom stereocenters. The van der Waals surface area contributed by atoms with Gasteiger partial charge in [0, 0.05) is 5.54 Å². The van der Waals surface area contributed by atoms with E-state index in [2.05, 4.69) is 12.2 Å². The monoisotopic (exact) mass is 256 g/mol. The Balaban J connectivity index is 2.33. The van der Waals surface area contributed by atoms with Crippen molar-refractivity contribution in [2.75, 3.05) is 13.2 Å². The fourth-order valence-corrected chi connectivity index (χ4v) is 2.35. The summed E-state index contributed by atoms with van der Waals surface area (Å²) in [4.78, 5) is 11.8. The van der Waals surface area contributed by atoms with E-state index >= 15 is 0 Å². The third-order valence-electron chi connectivity index (χ3n) is 3.93. The molecule has 0 aromatic rings. The van der Waals surface area contributed by atoms with Gasteiger partial charge in [-0.3, -0.25) is 4.79 Å². The normalized spacial score (nSPS) is 24.9. The molecule has 0 radical (unpaired) electrons. The molecular weight excluding hydrogens is 228 g/mol. The van der Waals surface area contributed by atoms with Crippen molar-refractivity contribution in [1.29, 1.82) is 0 Å². The molecule has 0 saturated heterocycles. The molecule has 4 heteroatoms. The first-order valence-corrected chi connectivity index (χ1v) is 7.11. The van der Waals surface area contributed by atoms with Gasteiger partial charge < -0.3 is 15.8 Å². The van der Waals surface area contributed by atoms with Crippen molar-refractivity contribution in [3.8, 4) is 0 Å². The molecule has 0 bridgehead atoms. The molecule has 1 aliphatic rings. The van der Waals surface area contributed by atoms with Crippen molar-refractivity contribution in [3.05, 3.63) is 0 Å². The average Bonchev–Trinajstić information content (AvgIpc) is 2.36. The smallest absolute Gasteiger partial charge is 0.246 e. The highest BCUT2D eigenvalue weighted by Gasteiger charge is 2.26. The molecule has 18 heavy (non-hydrogen) atoms. The molecule has 3 N–H and O–H groups in total. The first-order valence-electron chi connectivity index (χ1n) is 7.11. The minimum absolute atomic E-state index is 0.0248. The van der Waals surface area contributed by atoms with Gasteiger partial charge in [0.05, 0.1) is 6.10 Å². The molecule has 1 rings (SSSR count). The Morgan fingerprint density at radius 1 is 1.39 bits per heavy atom. The van der Waals surface area contributed by atoms with Crippen molar-refractivity contribution in [1.82, 2.24) is 5.32 Å². The maximum atomic E-state index is 11.8. The van der Waals surface area contributed by atoms with Crippen LogP contribution in [-0.4, -0.2) is 30.7 Å². The third kappa shape index (κ3) is 4.94. The van der Waals surface area contributed by atoms with Crippen molar-refractivity contribution < 1.29 is 9.53 Å². The van der Waals surface area contributed by atoms with Gasteiger partial charge in [-0.05, 0) is 45.6 Å². The van der Waals surface area contributed by atoms with Crippen LogP contribution in [0.5, 0.6) is 0 Å². The van der Waals surface area contributed by atoms with Crippen molar-refractivity contribution in [3.63, 3.8) is 0 Å². The van der Waals surface area contributed by atoms with Gasteiger partial charge in [-0.1, -0.05) is 19.8 Å². The predicted octanol–water partition coefficient (Wildman–Crippen LogP) is 1.83. The number of nitrogens with two attached hydrogens (primary N) is 1. The lowest BCUT2D eigenvalue weighted by atomic mass is 9.86. The van der Waals surface area contributed by atoms with Crippen LogP contribution in [0.2, 0.25) is 0 Å². The number of amides is 1. The zero-order valence-electron chi connectivity index (χ0n) is 12.0. The Morgan fingerprint density at radius 3 is 2.67 bits per heavy atom. The number of carbonyl (C=O) groups is 1.